The Morgan fingerprint density at radius 3 is 2.59 bits per heavy atom. The normalized spacial score (nSPS) is 14.6. The van der Waals surface area contributed by atoms with Crippen LogP contribution >= 0.6 is 0 Å². The molecule has 0 aliphatic carbocycles. The van der Waals surface area contributed by atoms with E-state index in [1.165, 1.54) is 0 Å². The highest BCUT2D eigenvalue weighted by atomic mass is 16.2. The summed E-state index contributed by atoms with van der Waals surface area (Å²) in [4.78, 5) is 13.4. The first-order chi connectivity index (χ1) is 10.6. The van der Waals surface area contributed by atoms with Gasteiger partial charge >= 0.3 is 0 Å². The fourth-order valence-electron chi connectivity index (χ4n) is 2.75. The number of carbonyl (C=O) groups excluding carboxylic acids is 1. The number of nitriles is 1. The van der Waals surface area contributed by atoms with Crippen LogP contribution in [0, 0.1) is 11.3 Å². The molecule has 1 heterocycles. The summed E-state index contributed by atoms with van der Waals surface area (Å²) >= 11 is 0. The number of anilines is 1. The molecule has 2 aromatic rings. The summed E-state index contributed by atoms with van der Waals surface area (Å²) in [6.07, 6.45) is 1.04. The first-order valence-electron chi connectivity index (χ1n) is 7.22. The van der Waals surface area contributed by atoms with E-state index in [0.717, 1.165) is 27.9 Å². The number of likely N-dealkylation sites (N-methyl/N-ethyl adjacent to an activating group) is 1. The second-order valence-electron chi connectivity index (χ2n) is 5.61. The van der Waals surface area contributed by atoms with Crippen molar-refractivity contribution < 1.29 is 4.79 Å². The molecule has 1 aliphatic rings. The van der Waals surface area contributed by atoms with E-state index >= 15 is 0 Å². The summed E-state index contributed by atoms with van der Waals surface area (Å²) in [5, 5.41) is 8.76. The number of hydrogen-bond donors (Lipinski definition) is 1. The quantitative estimate of drug-likeness (QED) is 0.943. The maximum atomic E-state index is 11.7. The minimum absolute atomic E-state index is 0.132. The molecule has 4 heteroatoms. The Balaban J connectivity index is 1.87. The van der Waals surface area contributed by atoms with Crippen LogP contribution in [0.4, 0.5) is 5.69 Å². The molecule has 0 radical (unpaired) electrons. The van der Waals surface area contributed by atoms with Crippen LogP contribution in [0.25, 0.3) is 11.1 Å². The monoisotopic (exact) mass is 291 g/mol. The number of carbonyl (C=O) groups is 1. The molecule has 22 heavy (non-hydrogen) atoms. The zero-order valence-electron chi connectivity index (χ0n) is 12.4. The number of benzene rings is 2. The van der Waals surface area contributed by atoms with Crippen LogP contribution in [0.5, 0.6) is 0 Å². The minimum atomic E-state index is -0.467. The lowest BCUT2D eigenvalue weighted by Crippen LogP contribution is -2.20. The Labute approximate surface area is 129 Å². The Kier molecular flexibility index (Phi) is 3.66. The second-order valence-corrected chi connectivity index (χ2v) is 5.61. The Morgan fingerprint density at radius 2 is 1.91 bits per heavy atom. The van der Waals surface area contributed by atoms with Gasteiger partial charge in [-0.05, 0) is 28.3 Å². The summed E-state index contributed by atoms with van der Waals surface area (Å²) in [5.74, 6) is 0.132. The van der Waals surface area contributed by atoms with Crippen molar-refractivity contribution in [2.75, 3.05) is 11.9 Å². The van der Waals surface area contributed by atoms with Crippen LogP contribution < -0.4 is 10.6 Å². The number of hydrogen-bond acceptors (Lipinski definition) is 3. The molecule has 0 bridgehead atoms. The summed E-state index contributed by atoms with van der Waals surface area (Å²) in [7, 11) is 1.81. The van der Waals surface area contributed by atoms with Crippen molar-refractivity contribution in [3.8, 4) is 17.2 Å². The number of fused-ring (bicyclic) bond motifs is 1. The van der Waals surface area contributed by atoms with Gasteiger partial charge in [0.2, 0.25) is 5.91 Å². The average molecular weight is 291 g/mol. The van der Waals surface area contributed by atoms with Crippen LogP contribution in [0.1, 0.15) is 11.1 Å². The van der Waals surface area contributed by atoms with Gasteiger partial charge in [-0.1, -0.05) is 36.4 Å². The first-order valence-corrected chi connectivity index (χ1v) is 7.22. The van der Waals surface area contributed by atoms with Gasteiger partial charge in [0.05, 0.1) is 18.5 Å². The number of nitrogens with zero attached hydrogens (tertiary/aromatic N) is 2. The van der Waals surface area contributed by atoms with Crippen LogP contribution in [0.15, 0.2) is 42.5 Å². The standard InChI is InChI=1S/C18H17N3O/c1-21-17-9-14(6-7-15(17)10-18(21)22)13-4-2-12(3-5-13)8-16(20)11-19/h2-7,9,16H,8,10,20H2,1H3. The highest BCUT2D eigenvalue weighted by Crippen LogP contribution is 2.32. The molecule has 1 unspecified atom stereocenters. The van der Waals surface area contributed by atoms with E-state index in [1.54, 1.807) is 4.90 Å². The van der Waals surface area contributed by atoms with Gasteiger partial charge < -0.3 is 10.6 Å². The zero-order chi connectivity index (χ0) is 15.7. The molecule has 2 aromatic carbocycles. The molecule has 4 nitrogen and oxygen atoms in total. The van der Waals surface area contributed by atoms with Gasteiger partial charge in [0.1, 0.15) is 0 Å². The van der Waals surface area contributed by atoms with E-state index in [-0.39, 0.29) is 5.91 Å². The lowest BCUT2D eigenvalue weighted by atomic mass is 9.99. The third-order valence-corrected chi connectivity index (χ3v) is 4.07. The van der Waals surface area contributed by atoms with Gasteiger partial charge in [0.15, 0.2) is 0 Å². The third kappa shape index (κ3) is 2.59. The lowest BCUT2D eigenvalue weighted by molar-refractivity contribution is -0.117. The van der Waals surface area contributed by atoms with Crippen molar-refractivity contribution in [1.82, 2.24) is 0 Å². The summed E-state index contributed by atoms with van der Waals surface area (Å²) in [6.45, 7) is 0. The predicted molar refractivity (Wildman–Crippen MR) is 86.3 cm³/mol. The Hall–Kier alpha value is -2.64. The minimum Gasteiger partial charge on any atom is -0.316 e. The van der Waals surface area contributed by atoms with Crippen LogP contribution in [-0.4, -0.2) is 19.0 Å². The molecule has 1 amide bonds. The van der Waals surface area contributed by atoms with Crippen molar-refractivity contribution in [3.63, 3.8) is 0 Å². The van der Waals surface area contributed by atoms with Crippen LogP contribution in [0.2, 0.25) is 0 Å². The highest BCUT2D eigenvalue weighted by Gasteiger charge is 2.23. The van der Waals surface area contributed by atoms with Gasteiger partial charge in [-0.3, -0.25) is 4.79 Å². The molecule has 0 aromatic heterocycles. The molecule has 110 valence electrons. The van der Waals surface area contributed by atoms with E-state index in [9.17, 15) is 4.79 Å². The van der Waals surface area contributed by atoms with Gasteiger partial charge in [0.25, 0.3) is 0 Å². The Morgan fingerprint density at radius 1 is 1.23 bits per heavy atom. The third-order valence-electron chi connectivity index (χ3n) is 4.07. The maximum absolute atomic E-state index is 11.7. The van der Waals surface area contributed by atoms with Gasteiger partial charge in [-0.15, -0.1) is 0 Å². The van der Waals surface area contributed by atoms with Crippen LogP contribution in [0.3, 0.4) is 0 Å². The largest absolute Gasteiger partial charge is 0.316 e. The lowest BCUT2D eigenvalue weighted by Gasteiger charge is -2.12. The van der Waals surface area contributed by atoms with E-state index < -0.39 is 6.04 Å². The smallest absolute Gasteiger partial charge is 0.231 e. The Bertz CT molecular complexity index is 759. The molecule has 2 N–H and O–H groups in total. The molecular formula is C18H17N3O. The summed E-state index contributed by atoms with van der Waals surface area (Å²) in [5.41, 5.74) is 10.9. The SMILES string of the molecule is CN1C(=O)Cc2ccc(-c3ccc(CC(N)C#N)cc3)cc21. The molecule has 0 saturated carbocycles. The molecule has 0 spiro atoms. The summed E-state index contributed by atoms with van der Waals surface area (Å²) in [6, 6.07) is 15.7. The first kappa shape index (κ1) is 14.3. The van der Waals surface area contributed by atoms with E-state index in [0.29, 0.717) is 12.8 Å². The second kappa shape index (κ2) is 5.63. The maximum Gasteiger partial charge on any atom is 0.231 e. The van der Waals surface area contributed by atoms with Gasteiger partial charge in [-0.2, -0.15) is 5.26 Å². The highest BCUT2D eigenvalue weighted by molar-refractivity contribution is 6.01. The van der Waals surface area contributed by atoms with E-state index in [1.807, 2.05) is 49.5 Å². The average Bonchev–Trinajstić information content (AvgIpc) is 2.82. The fourth-order valence-corrected chi connectivity index (χ4v) is 2.75. The van der Waals surface area contributed by atoms with Gasteiger partial charge in [0, 0.05) is 19.2 Å². The van der Waals surface area contributed by atoms with Crippen molar-refractivity contribution >= 4 is 11.6 Å². The summed E-state index contributed by atoms with van der Waals surface area (Å²) < 4.78 is 0. The number of amides is 1. The van der Waals surface area contributed by atoms with Gasteiger partial charge in [-0.25, -0.2) is 0 Å². The number of nitrogens with two attached hydrogens (primary N) is 1. The molecule has 3 rings (SSSR count). The fraction of sp³-hybridized carbons (Fsp3) is 0.222. The van der Waals surface area contributed by atoms with Crippen molar-refractivity contribution in [1.29, 1.82) is 5.26 Å². The molecule has 1 aliphatic heterocycles. The van der Waals surface area contributed by atoms with Crippen molar-refractivity contribution in [3.05, 3.63) is 53.6 Å². The van der Waals surface area contributed by atoms with Crippen molar-refractivity contribution in [2.45, 2.75) is 18.9 Å². The molecule has 0 saturated heterocycles. The topological polar surface area (TPSA) is 70.1 Å². The number of rotatable bonds is 3. The molecule has 1 atom stereocenters. The molecule has 0 fully saturated rings. The van der Waals surface area contributed by atoms with Crippen LogP contribution in [-0.2, 0) is 17.6 Å². The molecular weight excluding hydrogens is 274 g/mol. The predicted octanol–water partition coefficient (Wildman–Crippen LogP) is 2.27. The zero-order valence-corrected chi connectivity index (χ0v) is 12.4. The van der Waals surface area contributed by atoms with Crippen molar-refractivity contribution in [2.24, 2.45) is 5.73 Å². The van der Waals surface area contributed by atoms with E-state index in [2.05, 4.69) is 6.07 Å². The van der Waals surface area contributed by atoms with E-state index in [4.69, 9.17) is 11.0 Å².